The first-order valence-electron chi connectivity index (χ1n) is 0.877. The molecule has 0 saturated carbocycles. The molecule has 5 heavy (non-hydrogen) atoms. The van der Waals surface area contributed by atoms with Crippen molar-refractivity contribution in [2.45, 2.75) is 0 Å². The molecule has 0 amide bonds. The fourth-order valence-electron chi connectivity index (χ4n) is 0. The first-order valence-corrected chi connectivity index (χ1v) is 2.05. The highest BCUT2D eigenvalue weighted by atomic mass is 31.1. The fraction of sp³-hybridized carbons (Fsp3) is 0. The average Bonchev–Trinajstić information content (AvgIpc) is 1.38. The molecule has 0 aromatic carbocycles. The molecular formula is C2HO2P. The van der Waals surface area contributed by atoms with E-state index in [9.17, 15) is 0 Å². The number of terminal acetylenes is 1. The third-order valence-electron chi connectivity index (χ3n) is 0.105. The summed E-state index contributed by atoms with van der Waals surface area (Å²) in [5.41, 5.74) is 1.48. The van der Waals surface area contributed by atoms with Gasteiger partial charge in [0.1, 0.15) is 0 Å². The lowest BCUT2D eigenvalue weighted by molar-refractivity contribution is 0.523. The summed E-state index contributed by atoms with van der Waals surface area (Å²) in [5, 5.41) is 0. The maximum absolute atomic E-state index is 9.17. The van der Waals surface area contributed by atoms with Crippen LogP contribution in [0, 0.1) is 12.1 Å². The van der Waals surface area contributed by atoms with Gasteiger partial charge in [0.2, 0.25) is 0 Å². The standard InChI is InChI=1S/C2HO2P/c1-2-5(3)4/h1H. The summed E-state index contributed by atoms with van der Waals surface area (Å²) < 4.78 is 18.3. The zero-order valence-electron chi connectivity index (χ0n) is 2.34. The molecule has 26 valence electrons. The SMILES string of the molecule is C#CP(=O)=O. The maximum Gasteiger partial charge on any atom is 0.395 e. The summed E-state index contributed by atoms with van der Waals surface area (Å²) in [4.78, 5) is 0. The van der Waals surface area contributed by atoms with Crippen molar-refractivity contribution in [3.63, 3.8) is 0 Å². The molecule has 0 bridgehead atoms. The Balaban J connectivity index is 3.88. The molecule has 0 rings (SSSR count). The van der Waals surface area contributed by atoms with E-state index >= 15 is 0 Å². The summed E-state index contributed by atoms with van der Waals surface area (Å²) in [6.45, 7) is 0. The van der Waals surface area contributed by atoms with E-state index in [4.69, 9.17) is 9.13 Å². The largest absolute Gasteiger partial charge is 0.395 e. The van der Waals surface area contributed by atoms with Gasteiger partial charge >= 0.3 is 7.68 Å². The van der Waals surface area contributed by atoms with Gasteiger partial charge < -0.3 is 0 Å². The molecule has 0 fully saturated rings. The van der Waals surface area contributed by atoms with Gasteiger partial charge in [-0.1, -0.05) is 0 Å². The molecule has 0 saturated heterocycles. The summed E-state index contributed by atoms with van der Waals surface area (Å²) in [7, 11) is -2.57. The van der Waals surface area contributed by atoms with E-state index in [1.807, 2.05) is 0 Å². The minimum Gasteiger partial charge on any atom is -0.223 e. The van der Waals surface area contributed by atoms with Crippen molar-refractivity contribution >= 4 is 7.68 Å². The second-order valence-corrected chi connectivity index (χ2v) is 1.16. The van der Waals surface area contributed by atoms with Gasteiger partial charge in [-0.2, -0.15) is 0 Å². The summed E-state index contributed by atoms with van der Waals surface area (Å²) in [5.74, 6) is 0. The Morgan fingerprint density at radius 1 is 1.60 bits per heavy atom. The second-order valence-electron chi connectivity index (χ2n) is 0.386. The molecule has 0 heterocycles. The monoisotopic (exact) mass is 88.0 g/mol. The molecule has 0 aliphatic carbocycles. The number of rotatable bonds is 0. The Morgan fingerprint density at radius 2 is 1.80 bits per heavy atom. The molecule has 0 aromatic rings. The molecule has 0 aliphatic rings. The normalized spacial score (nSPS) is 5.40. The van der Waals surface area contributed by atoms with Crippen molar-refractivity contribution in [3.8, 4) is 12.1 Å². The van der Waals surface area contributed by atoms with Crippen molar-refractivity contribution in [3.05, 3.63) is 0 Å². The minimum absolute atomic E-state index is 1.48. The highest BCUT2D eigenvalue weighted by Gasteiger charge is 1.64. The van der Waals surface area contributed by atoms with Crippen LogP contribution in [0.1, 0.15) is 0 Å². The predicted molar refractivity (Wildman–Crippen MR) is 17.1 cm³/mol. The average molecular weight is 88.0 g/mol. The molecule has 3 heteroatoms. The Hall–Kier alpha value is -0.540. The van der Waals surface area contributed by atoms with Crippen LogP contribution in [0.25, 0.3) is 0 Å². The summed E-state index contributed by atoms with van der Waals surface area (Å²) in [6, 6.07) is 0. The maximum atomic E-state index is 9.17. The van der Waals surface area contributed by atoms with Gasteiger partial charge in [-0.25, -0.2) is 9.13 Å². The second kappa shape index (κ2) is 1.75. The van der Waals surface area contributed by atoms with Crippen molar-refractivity contribution in [1.29, 1.82) is 0 Å². The van der Waals surface area contributed by atoms with Crippen LogP contribution in [0.3, 0.4) is 0 Å². The quantitative estimate of drug-likeness (QED) is 0.323. The lowest BCUT2D eigenvalue weighted by atomic mass is 11.4. The first kappa shape index (κ1) is 4.46. The topological polar surface area (TPSA) is 34.1 Å². The van der Waals surface area contributed by atoms with Gasteiger partial charge in [-0.3, -0.25) is 0 Å². The van der Waals surface area contributed by atoms with E-state index < -0.39 is 7.68 Å². The van der Waals surface area contributed by atoms with Gasteiger partial charge in [-0.15, -0.1) is 6.42 Å². The van der Waals surface area contributed by atoms with Gasteiger partial charge in [0, 0.05) is 5.66 Å². The molecule has 0 radical (unpaired) electrons. The minimum atomic E-state index is -2.57. The number of hydrogen-bond acceptors (Lipinski definition) is 2. The molecular weight excluding hydrogens is 87.0 g/mol. The van der Waals surface area contributed by atoms with Gasteiger partial charge in [0.25, 0.3) is 0 Å². The highest BCUT2D eigenvalue weighted by molar-refractivity contribution is 7.37. The summed E-state index contributed by atoms with van der Waals surface area (Å²) in [6.07, 6.45) is 4.33. The highest BCUT2D eigenvalue weighted by Crippen LogP contribution is 1.92. The Bertz CT molecular complexity index is 108. The van der Waals surface area contributed by atoms with Crippen molar-refractivity contribution in [2.24, 2.45) is 0 Å². The van der Waals surface area contributed by atoms with Crippen LogP contribution in [0.15, 0.2) is 0 Å². The van der Waals surface area contributed by atoms with Crippen molar-refractivity contribution in [1.82, 2.24) is 0 Å². The van der Waals surface area contributed by atoms with Crippen LogP contribution in [0.4, 0.5) is 0 Å². The van der Waals surface area contributed by atoms with Crippen LogP contribution >= 0.6 is 7.68 Å². The van der Waals surface area contributed by atoms with Crippen LogP contribution < -0.4 is 0 Å². The van der Waals surface area contributed by atoms with Gasteiger partial charge in [0.15, 0.2) is 0 Å². The Kier molecular flexibility index (Phi) is 1.56. The van der Waals surface area contributed by atoms with E-state index in [0.29, 0.717) is 0 Å². The zero-order chi connectivity index (χ0) is 4.28. The van der Waals surface area contributed by atoms with Crippen LogP contribution in [0.2, 0.25) is 0 Å². The molecule has 0 spiro atoms. The first-order chi connectivity index (χ1) is 2.27. The van der Waals surface area contributed by atoms with Crippen LogP contribution in [-0.4, -0.2) is 0 Å². The van der Waals surface area contributed by atoms with E-state index in [2.05, 4.69) is 6.42 Å². The third-order valence-corrected chi connectivity index (χ3v) is 0.316. The summed E-state index contributed by atoms with van der Waals surface area (Å²) >= 11 is 0. The fourth-order valence-corrected chi connectivity index (χ4v) is 0. The van der Waals surface area contributed by atoms with Gasteiger partial charge in [-0.05, 0) is 0 Å². The van der Waals surface area contributed by atoms with E-state index in [0.717, 1.165) is 0 Å². The van der Waals surface area contributed by atoms with Crippen LogP contribution in [-0.2, 0) is 9.13 Å². The number of hydrogen-bond donors (Lipinski definition) is 0. The smallest absolute Gasteiger partial charge is 0.223 e. The third kappa shape index (κ3) is 3.46. The van der Waals surface area contributed by atoms with E-state index in [1.54, 1.807) is 0 Å². The molecule has 0 atom stereocenters. The lowest BCUT2D eigenvalue weighted by Gasteiger charge is -1.36. The molecule has 0 aromatic heterocycles. The van der Waals surface area contributed by atoms with Crippen molar-refractivity contribution in [2.75, 3.05) is 0 Å². The predicted octanol–water partition coefficient (Wildman–Crippen LogP) is 0.750. The van der Waals surface area contributed by atoms with Gasteiger partial charge in [0.05, 0.1) is 0 Å². The van der Waals surface area contributed by atoms with E-state index in [1.165, 1.54) is 5.66 Å². The van der Waals surface area contributed by atoms with Crippen molar-refractivity contribution < 1.29 is 9.13 Å². The zero-order valence-corrected chi connectivity index (χ0v) is 3.24. The molecule has 0 unspecified atom stereocenters. The Labute approximate surface area is 30.0 Å². The molecule has 2 nitrogen and oxygen atoms in total. The van der Waals surface area contributed by atoms with Crippen LogP contribution in [0.5, 0.6) is 0 Å². The Morgan fingerprint density at radius 3 is 1.80 bits per heavy atom. The molecule has 0 N–H and O–H groups in total. The molecule has 0 aliphatic heterocycles. The lowest BCUT2D eigenvalue weighted by Crippen LogP contribution is -1.18. The van der Waals surface area contributed by atoms with E-state index in [-0.39, 0.29) is 0 Å².